The van der Waals surface area contributed by atoms with E-state index >= 15 is 0 Å². The first-order valence-electron chi connectivity index (χ1n) is 6.03. The number of carboxylic acids is 1. The summed E-state index contributed by atoms with van der Waals surface area (Å²) in [4.78, 5) is 22.7. The third-order valence-corrected chi connectivity index (χ3v) is 2.73. The molecule has 0 saturated heterocycles. The molecule has 0 spiro atoms. The summed E-state index contributed by atoms with van der Waals surface area (Å²) < 4.78 is 0. The predicted octanol–water partition coefficient (Wildman–Crippen LogP) is 1.42. The Morgan fingerprint density at radius 3 is 2.63 bits per heavy atom. The van der Waals surface area contributed by atoms with Gasteiger partial charge in [-0.15, -0.1) is 0 Å². The molecule has 4 N–H and O–H groups in total. The van der Waals surface area contributed by atoms with Crippen molar-refractivity contribution in [1.82, 2.24) is 5.32 Å². The highest BCUT2D eigenvalue weighted by Gasteiger charge is 2.13. The minimum absolute atomic E-state index is 0.106. The van der Waals surface area contributed by atoms with Crippen molar-refractivity contribution < 1.29 is 19.8 Å². The number of nitrogens with one attached hydrogen (secondary N) is 2. The van der Waals surface area contributed by atoms with Crippen LogP contribution in [-0.4, -0.2) is 34.7 Å². The number of aromatic hydroxyl groups is 1. The lowest BCUT2D eigenvalue weighted by Gasteiger charge is -2.12. The minimum Gasteiger partial charge on any atom is -0.508 e. The molecule has 6 nitrogen and oxygen atoms in total. The van der Waals surface area contributed by atoms with Gasteiger partial charge in [0.15, 0.2) is 0 Å². The smallest absolute Gasteiger partial charge is 0.337 e. The maximum absolute atomic E-state index is 11.7. The van der Waals surface area contributed by atoms with Crippen LogP contribution in [-0.2, 0) is 4.79 Å². The molecule has 0 radical (unpaired) electrons. The lowest BCUT2D eigenvalue weighted by molar-refractivity contribution is -0.115. The number of phenols is 1. The van der Waals surface area contributed by atoms with Crippen molar-refractivity contribution in [2.45, 2.75) is 26.3 Å². The van der Waals surface area contributed by atoms with Crippen LogP contribution in [0.2, 0.25) is 0 Å². The number of hydrogen-bond acceptors (Lipinski definition) is 4. The molecule has 1 atom stereocenters. The van der Waals surface area contributed by atoms with Gasteiger partial charge in [-0.05, 0) is 31.5 Å². The number of aromatic carboxylic acids is 1. The summed E-state index contributed by atoms with van der Waals surface area (Å²) in [5.41, 5.74) is 0.0261. The molecule has 1 unspecified atom stereocenters. The topological polar surface area (TPSA) is 98.7 Å². The molecule has 1 amide bonds. The van der Waals surface area contributed by atoms with Crippen LogP contribution in [0.3, 0.4) is 0 Å². The standard InChI is InChI=1S/C13H18N2O4/c1-3-8(2)14-7-12(17)15-11-5-4-9(16)6-10(11)13(18)19/h4-6,8,14,16H,3,7H2,1-2H3,(H,15,17)(H,18,19). The van der Waals surface area contributed by atoms with Crippen molar-refractivity contribution >= 4 is 17.6 Å². The van der Waals surface area contributed by atoms with Crippen molar-refractivity contribution in [3.8, 4) is 5.75 Å². The van der Waals surface area contributed by atoms with Gasteiger partial charge in [0.25, 0.3) is 0 Å². The summed E-state index contributed by atoms with van der Waals surface area (Å²) in [7, 11) is 0. The lowest BCUT2D eigenvalue weighted by Crippen LogP contribution is -2.34. The van der Waals surface area contributed by atoms with Gasteiger partial charge in [-0.2, -0.15) is 0 Å². The van der Waals surface area contributed by atoms with Crippen molar-refractivity contribution in [1.29, 1.82) is 0 Å². The number of carboxylic acid groups (broad SMARTS) is 1. The number of anilines is 1. The Hall–Kier alpha value is -2.08. The monoisotopic (exact) mass is 266 g/mol. The van der Waals surface area contributed by atoms with E-state index in [0.717, 1.165) is 12.5 Å². The molecule has 0 bridgehead atoms. The van der Waals surface area contributed by atoms with Gasteiger partial charge in [0.1, 0.15) is 5.75 Å². The number of benzene rings is 1. The molecule has 0 fully saturated rings. The molecule has 0 aliphatic heterocycles. The number of phenolic OH excluding ortho intramolecular Hbond substituents is 1. The van der Waals surface area contributed by atoms with Gasteiger partial charge in [-0.1, -0.05) is 6.92 Å². The largest absolute Gasteiger partial charge is 0.508 e. The van der Waals surface area contributed by atoms with Crippen LogP contribution in [0.4, 0.5) is 5.69 Å². The van der Waals surface area contributed by atoms with E-state index in [2.05, 4.69) is 10.6 Å². The number of rotatable bonds is 6. The SMILES string of the molecule is CCC(C)NCC(=O)Nc1ccc(O)cc1C(=O)O. The van der Waals surface area contributed by atoms with Gasteiger partial charge < -0.3 is 20.8 Å². The molecule has 1 rings (SSSR count). The summed E-state index contributed by atoms with van der Waals surface area (Å²) in [6, 6.07) is 3.99. The predicted molar refractivity (Wildman–Crippen MR) is 71.5 cm³/mol. The van der Waals surface area contributed by atoms with Gasteiger partial charge >= 0.3 is 5.97 Å². The molecule has 0 heterocycles. The number of amides is 1. The molecule has 0 aliphatic rings. The van der Waals surface area contributed by atoms with Crippen molar-refractivity contribution in [3.63, 3.8) is 0 Å². The van der Waals surface area contributed by atoms with E-state index in [-0.39, 0.29) is 35.5 Å². The van der Waals surface area contributed by atoms with Crippen LogP contribution in [0.25, 0.3) is 0 Å². The third-order valence-electron chi connectivity index (χ3n) is 2.73. The van der Waals surface area contributed by atoms with Gasteiger partial charge in [-0.25, -0.2) is 4.79 Å². The highest BCUT2D eigenvalue weighted by atomic mass is 16.4. The molecule has 19 heavy (non-hydrogen) atoms. The maximum Gasteiger partial charge on any atom is 0.337 e. The third kappa shape index (κ3) is 4.59. The zero-order chi connectivity index (χ0) is 14.4. The molecule has 0 saturated carbocycles. The lowest BCUT2D eigenvalue weighted by atomic mass is 10.1. The van der Waals surface area contributed by atoms with Gasteiger partial charge in [-0.3, -0.25) is 4.79 Å². The summed E-state index contributed by atoms with van der Waals surface area (Å²) >= 11 is 0. The normalized spacial score (nSPS) is 11.9. The second-order valence-corrected chi connectivity index (χ2v) is 4.27. The fraction of sp³-hybridized carbons (Fsp3) is 0.385. The average Bonchev–Trinajstić information content (AvgIpc) is 2.37. The number of carbonyl (C=O) groups excluding carboxylic acids is 1. The Kier molecular flexibility index (Phi) is 5.32. The molecule has 0 aliphatic carbocycles. The van der Waals surface area contributed by atoms with E-state index in [1.807, 2.05) is 13.8 Å². The van der Waals surface area contributed by atoms with Crippen LogP contribution in [0.5, 0.6) is 5.75 Å². The molecular formula is C13H18N2O4. The first kappa shape index (κ1) is 15.0. The molecular weight excluding hydrogens is 248 g/mol. The summed E-state index contributed by atoms with van der Waals surface area (Å²) in [5, 5.41) is 23.7. The second kappa shape index (κ2) is 6.75. The van der Waals surface area contributed by atoms with Gasteiger partial charge in [0.05, 0.1) is 17.8 Å². The molecule has 104 valence electrons. The first-order chi connectivity index (χ1) is 8.93. The second-order valence-electron chi connectivity index (χ2n) is 4.27. The fourth-order valence-corrected chi connectivity index (χ4v) is 1.42. The Balaban J connectivity index is 2.71. The van der Waals surface area contributed by atoms with E-state index in [1.54, 1.807) is 0 Å². The zero-order valence-electron chi connectivity index (χ0n) is 10.9. The molecule has 1 aromatic carbocycles. The van der Waals surface area contributed by atoms with Crippen LogP contribution < -0.4 is 10.6 Å². The Morgan fingerprint density at radius 1 is 1.37 bits per heavy atom. The van der Waals surface area contributed by atoms with Crippen LogP contribution in [0.1, 0.15) is 30.6 Å². The number of hydrogen-bond donors (Lipinski definition) is 4. The van der Waals surface area contributed by atoms with Crippen molar-refractivity contribution in [2.24, 2.45) is 0 Å². The number of carbonyl (C=O) groups is 2. The van der Waals surface area contributed by atoms with Gasteiger partial charge in [0.2, 0.25) is 5.91 Å². The van der Waals surface area contributed by atoms with Gasteiger partial charge in [0, 0.05) is 6.04 Å². The highest BCUT2D eigenvalue weighted by molar-refractivity contribution is 6.01. The molecule has 0 aromatic heterocycles. The van der Waals surface area contributed by atoms with Crippen molar-refractivity contribution in [3.05, 3.63) is 23.8 Å². The summed E-state index contributed by atoms with van der Waals surface area (Å²) in [6.07, 6.45) is 0.896. The van der Waals surface area contributed by atoms with E-state index < -0.39 is 5.97 Å². The Morgan fingerprint density at radius 2 is 2.05 bits per heavy atom. The van der Waals surface area contributed by atoms with E-state index in [1.165, 1.54) is 12.1 Å². The van der Waals surface area contributed by atoms with E-state index in [4.69, 9.17) is 5.11 Å². The van der Waals surface area contributed by atoms with Crippen LogP contribution in [0.15, 0.2) is 18.2 Å². The zero-order valence-corrected chi connectivity index (χ0v) is 10.9. The Bertz CT molecular complexity index is 474. The first-order valence-corrected chi connectivity index (χ1v) is 6.03. The van der Waals surface area contributed by atoms with Crippen LogP contribution in [0, 0.1) is 0 Å². The average molecular weight is 266 g/mol. The summed E-state index contributed by atoms with van der Waals surface area (Å²) in [5.74, 6) is -1.69. The highest BCUT2D eigenvalue weighted by Crippen LogP contribution is 2.21. The van der Waals surface area contributed by atoms with E-state index in [0.29, 0.717) is 0 Å². The Labute approximate surface area is 111 Å². The minimum atomic E-state index is -1.21. The van der Waals surface area contributed by atoms with Crippen molar-refractivity contribution in [2.75, 3.05) is 11.9 Å². The molecule has 6 heteroatoms. The maximum atomic E-state index is 11.7. The van der Waals surface area contributed by atoms with E-state index in [9.17, 15) is 14.7 Å². The molecule has 1 aromatic rings. The fourth-order valence-electron chi connectivity index (χ4n) is 1.42. The summed E-state index contributed by atoms with van der Waals surface area (Å²) in [6.45, 7) is 4.06. The quantitative estimate of drug-likeness (QED) is 0.584. The van der Waals surface area contributed by atoms with Crippen LogP contribution >= 0.6 is 0 Å².